The van der Waals surface area contributed by atoms with Crippen molar-refractivity contribution in [3.05, 3.63) is 35.5 Å². The minimum Gasteiger partial charge on any atom is -0.338 e. The Balaban J connectivity index is 1.43. The van der Waals surface area contributed by atoms with E-state index in [4.69, 9.17) is 4.52 Å². The van der Waals surface area contributed by atoms with Crippen LogP contribution in [0.2, 0.25) is 0 Å². The van der Waals surface area contributed by atoms with Crippen LogP contribution in [0.25, 0.3) is 11.4 Å². The van der Waals surface area contributed by atoms with Gasteiger partial charge in [0.05, 0.1) is 18.6 Å². The number of nitrogens with one attached hydrogen (secondary N) is 1. The van der Waals surface area contributed by atoms with Crippen LogP contribution in [-0.2, 0) is 6.54 Å². The Labute approximate surface area is 144 Å². The predicted molar refractivity (Wildman–Crippen MR) is 88.2 cm³/mol. The maximum Gasteiger partial charge on any atom is 0.317 e. The van der Waals surface area contributed by atoms with Crippen LogP contribution in [0.1, 0.15) is 17.9 Å². The third kappa shape index (κ3) is 2.97. The number of halogens is 1. The summed E-state index contributed by atoms with van der Waals surface area (Å²) in [6.45, 7) is 3.87. The summed E-state index contributed by atoms with van der Waals surface area (Å²) in [4.78, 5) is 20.2. The smallest absolute Gasteiger partial charge is 0.317 e. The second kappa shape index (κ2) is 6.11. The summed E-state index contributed by atoms with van der Waals surface area (Å²) in [6.07, 6.45) is 0.915. The first kappa shape index (κ1) is 16.0. The van der Waals surface area contributed by atoms with Gasteiger partial charge in [0.1, 0.15) is 5.82 Å². The minimum absolute atomic E-state index is 0.0105. The fourth-order valence-electron chi connectivity index (χ4n) is 3.58. The van der Waals surface area contributed by atoms with E-state index in [1.807, 2.05) is 7.05 Å². The molecule has 0 unspecified atom stereocenters. The Kier molecular flexibility index (Phi) is 3.91. The number of nitrogens with zero attached hydrogens (tertiary/aromatic N) is 4. The number of amides is 2. The zero-order valence-electron chi connectivity index (χ0n) is 14.2. The van der Waals surface area contributed by atoms with Gasteiger partial charge in [0, 0.05) is 25.7 Å². The predicted octanol–water partition coefficient (Wildman–Crippen LogP) is 1.78. The van der Waals surface area contributed by atoms with Gasteiger partial charge < -0.3 is 14.7 Å². The van der Waals surface area contributed by atoms with Gasteiger partial charge in [-0.3, -0.25) is 4.90 Å². The standard InChI is InChI=1S/C17H20FN5O2/c1-10-7-11(3-4-12(10)18)16-20-15(25-21-16)9-23-6-5-14-13(8-23)19-17(24)22(14)2/h3-4,7,13-14H,5-6,8-9H2,1-2H3,(H,19,24)/t13-,14+/m1/s1. The average Bonchev–Trinajstić information content (AvgIpc) is 3.15. The molecule has 2 aromatic rings. The van der Waals surface area contributed by atoms with Gasteiger partial charge in [0.25, 0.3) is 0 Å². The molecule has 1 aromatic carbocycles. The average molecular weight is 345 g/mol. The number of fused-ring (bicyclic) bond motifs is 1. The van der Waals surface area contributed by atoms with E-state index in [1.54, 1.807) is 24.0 Å². The molecule has 3 heterocycles. The lowest BCUT2D eigenvalue weighted by atomic mass is 10.0. The largest absolute Gasteiger partial charge is 0.338 e. The number of hydrogen-bond donors (Lipinski definition) is 1. The van der Waals surface area contributed by atoms with Crippen LogP contribution >= 0.6 is 0 Å². The molecule has 0 spiro atoms. The summed E-state index contributed by atoms with van der Waals surface area (Å²) < 4.78 is 18.7. The second-order valence-electron chi connectivity index (χ2n) is 6.73. The van der Waals surface area contributed by atoms with E-state index in [2.05, 4.69) is 20.4 Å². The normalized spacial score (nSPS) is 23.6. The van der Waals surface area contributed by atoms with Crippen molar-refractivity contribution in [2.24, 2.45) is 0 Å². The zero-order valence-corrected chi connectivity index (χ0v) is 14.2. The molecule has 0 radical (unpaired) electrons. The Bertz CT molecular complexity index is 808. The number of aromatic nitrogens is 2. The number of urea groups is 1. The molecule has 132 valence electrons. The van der Waals surface area contributed by atoms with Crippen molar-refractivity contribution < 1.29 is 13.7 Å². The zero-order chi connectivity index (χ0) is 17.6. The lowest BCUT2D eigenvalue weighted by molar-refractivity contribution is 0.135. The number of likely N-dealkylation sites (N-methyl/N-ethyl adjacent to an activating group) is 1. The highest BCUT2D eigenvalue weighted by molar-refractivity contribution is 5.77. The van der Waals surface area contributed by atoms with Crippen LogP contribution in [0.15, 0.2) is 22.7 Å². The van der Waals surface area contributed by atoms with Gasteiger partial charge in [-0.2, -0.15) is 4.98 Å². The van der Waals surface area contributed by atoms with Crippen molar-refractivity contribution >= 4 is 6.03 Å². The van der Waals surface area contributed by atoms with Crippen molar-refractivity contribution in [2.45, 2.75) is 32.0 Å². The molecule has 2 aliphatic heterocycles. The van der Waals surface area contributed by atoms with Crippen molar-refractivity contribution in [2.75, 3.05) is 20.1 Å². The fourth-order valence-corrected chi connectivity index (χ4v) is 3.58. The van der Waals surface area contributed by atoms with E-state index >= 15 is 0 Å². The number of benzene rings is 1. The SMILES string of the molecule is Cc1cc(-c2noc(CN3CC[C@H]4[C@@H](C3)NC(=O)N4C)n2)ccc1F. The first-order chi connectivity index (χ1) is 12.0. The van der Waals surface area contributed by atoms with E-state index in [0.29, 0.717) is 23.8 Å². The van der Waals surface area contributed by atoms with Crippen molar-refractivity contribution in [3.63, 3.8) is 0 Å². The number of piperidine rings is 1. The summed E-state index contributed by atoms with van der Waals surface area (Å²) >= 11 is 0. The summed E-state index contributed by atoms with van der Waals surface area (Å²) in [6, 6.07) is 5.14. The van der Waals surface area contributed by atoms with Crippen molar-refractivity contribution in [3.8, 4) is 11.4 Å². The number of likely N-dealkylation sites (tertiary alicyclic amines) is 1. The maximum absolute atomic E-state index is 13.4. The quantitative estimate of drug-likeness (QED) is 0.918. The second-order valence-corrected chi connectivity index (χ2v) is 6.73. The number of carbonyl (C=O) groups excluding carboxylic acids is 1. The Morgan fingerprint density at radius 2 is 2.28 bits per heavy atom. The van der Waals surface area contributed by atoms with Crippen LogP contribution in [0.3, 0.4) is 0 Å². The highest BCUT2D eigenvalue weighted by atomic mass is 19.1. The molecule has 1 aromatic heterocycles. The van der Waals surface area contributed by atoms with Gasteiger partial charge in [-0.1, -0.05) is 5.16 Å². The molecule has 7 nitrogen and oxygen atoms in total. The number of aryl methyl sites for hydroxylation is 1. The molecule has 0 bridgehead atoms. The molecular weight excluding hydrogens is 325 g/mol. The third-order valence-electron chi connectivity index (χ3n) is 5.03. The molecular formula is C17H20FN5O2. The molecule has 1 N–H and O–H groups in total. The highest BCUT2D eigenvalue weighted by Crippen LogP contribution is 2.23. The van der Waals surface area contributed by atoms with Crippen LogP contribution < -0.4 is 5.32 Å². The summed E-state index contributed by atoms with van der Waals surface area (Å²) in [7, 11) is 1.84. The minimum atomic E-state index is -0.251. The summed E-state index contributed by atoms with van der Waals surface area (Å²) in [5, 5.41) is 7.01. The molecule has 25 heavy (non-hydrogen) atoms. The lowest BCUT2D eigenvalue weighted by Gasteiger charge is -2.34. The number of hydrogen-bond acceptors (Lipinski definition) is 5. The van der Waals surface area contributed by atoms with Crippen LogP contribution in [-0.4, -0.2) is 58.2 Å². The first-order valence-corrected chi connectivity index (χ1v) is 8.36. The van der Waals surface area contributed by atoms with E-state index < -0.39 is 0 Å². The molecule has 0 aliphatic carbocycles. The van der Waals surface area contributed by atoms with E-state index in [0.717, 1.165) is 25.1 Å². The lowest BCUT2D eigenvalue weighted by Crippen LogP contribution is -2.50. The van der Waals surface area contributed by atoms with Gasteiger partial charge in [-0.25, -0.2) is 9.18 Å². The first-order valence-electron chi connectivity index (χ1n) is 8.36. The van der Waals surface area contributed by atoms with Gasteiger partial charge >= 0.3 is 6.03 Å². The molecule has 0 saturated carbocycles. The number of carbonyl (C=O) groups is 1. The Morgan fingerprint density at radius 1 is 1.44 bits per heavy atom. The molecule has 2 atom stereocenters. The van der Waals surface area contributed by atoms with Crippen LogP contribution in [0.4, 0.5) is 9.18 Å². The number of rotatable bonds is 3. The maximum atomic E-state index is 13.4. The topological polar surface area (TPSA) is 74.5 Å². The Hall–Kier alpha value is -2.48. The summed E-state index contributed by atoms with van der Waals surface area (Å²) in [5.74, 6) is 0.730. The van der Waals surface area contributed by atoms with Crippen LogP contribution in [0, 0.1) is 12.7 Å². The van der Waals surface area contributed by atoms with Gasteiger partial charge in [-0.15, -0.1) is 0 Å². The highest BCUT2D eigenvalue weighted by Gasteiger charge is 2.40. The fraction of sp³-hybridized carbons (Fsp3) is 0.471. The van der Waals surface area contributed by atoms with Gasteiger partial charge in [-0.05, 0) is 37.1 Å². The molecule has 2 saturated heterocycles. The van der Waals surface area contributed by atoms with E-state index in [9.17, 15) is 9.18 Å². The Morgan fingerprint density at radius 3 is 3.08 bits per heavy atom. The molecule has 8 heteroatoms. The monoisotopic (exact) mass is 345 g/mol. The van der Waals surface area contributed by atoms with Crippen molar-refractivity contribution in [1.29, 1.82) is 0 Å². The van der Waals surface area contributed by atoms with E-state index in [1.165, 1.54) is 6.07 Å². The third-order valence-corrected chi connectivity index (χ3v) is 5.03. The van der Waals surface area contributed by atoms with Crippen LogP contribution in [0.5, 0.6) is 0 Å². The van der Waals surface area contributed by atoms with Gasteiger partial charge in [0.15, 0.2) is 0 Å². The molecule has 4 rings (SSSR count). The summed E-state index contributed by atoms with van der Waals surface area (Å²) in [5.41, 5.74) is 1.28. The van der Waals surface area contributed by atoms with Crippen molar-refractivity contribution in [1.82, 2.24) is 25.3 Å². The molecule has 2 amide bonds. The molecule has 2 fully saturated rings. The molecule has 2 aliphatic rings. The van der Waals surface area contributed by atoms with Gasteiger partial charge in [0.2, 0.25) is 11.7 Å². The van der Waals surface area contributed by atoms with E-state index in [-0.39, 0.29) is 23.9 Å².